The SMILES string of the molecule is Cc1nc(/C=C/C(=O)N2Cc3ccccc3CC2C(=O)O)cs1. The summed E-state index contributed by atoms with van der Waals surface area (Å²) in [6, 6.07) is 6.80. The number of thiazole rings is 1. The first-order valence-electron chi connectivity index (χ1n) is 7.25. The summed E-state index contributed by atoms with van der Waals surface area (Å²) in [7, 11) is 0. The lowest BCUT2D eigenvalue weighted by Crippen LogP contribution is -2.48. The molecule has 2 aromatic rings. The molecule has 6 heteroatoms. The zero-order valence-corrected chi connectivity index (χ0v) is 13.4. The van der Waals surface area contributed by atoms with Gasteiger partial charge in [0.25, 0.3) is 0 Å². The number of carboxylic acids is 1. The maximum atomic E-state index is 12.5. The minimum absolute atomic E-state index is 0.308. The van der Waals surface area contributed by atoms with Crippen molar-refractivity contribution in [3.8, 4) is 0 Å². The van der Waals surface area contributed by atoms with Crippen molar-refractivity contribution in [2.75, 3.05) is 0 Å². The molecule has 1 aromatic carbocycles. The number of rotatable bonds is 3. The highest BCUT2D eigenvalue weighted by Crippen LogP contribution is 2.24. The number of carbonyl (C=O) groups excluding carboxylic acids is 1. The molecule has 0 saturated carbocycles. The fourth-order valence-electron chi connectivity index (χ4n) is 2.68. The molecule has 0 radical (unpaired) electrons. The van der Waals surface area contributed by atoms with Crippen LogP contribution in [0.1, 0.15) is 21.8 Å². The molecule has 5 nitrogen and oxygen atoms in total. The largest absolute Gasteiger partial charge is 0.480 e. The van der Waals surface area contributed by atoms with Gasteiger partial charge in [0.05, 0.1) is 10.7 Å². The summed E-state index contributed by atoms with van der Waals surface area (Å²) in [5.41, 5.74) is 2.70. The molecule has 1 aliphatic heterocycles. The van der Waals surface area contributed by atoms with Gasteiger partial charge in [-0.1, -0.05) is 24.3 Å². The third kappa shape index (κ3) is 3.32. The molecule has 1 atom stereocenters. The van der Waals surface area contributed by atoms with Gasteiger partial charge in [-0.2, -0.15) is 0 Å². The fraction of sp³-hybridized carbons (Fsp3) is 0.235. The maximum absolute atomic E-state index is 12.5. The molecule has 1 N–H and O–H groups in total. The third-order valence-electron chi connectivity index (χ3n) is 3.85. The van der Waals surface area contributed by atoms with Crippen molar-refractivity contribution in [3.05, 3.63) is 57.6 Å². The summed E-state index contributed by atoms with van der Waals surface area (Å²) in [6.07, 6.45) is 3.37. The molecule has 1 aliphatic rings. The average molecular weight is 328 g/mol. The van der Waals surface area contributed by atoms with E-state index in [2.05, 4.69) is 4.98 Å². The van der Waals surface area contributed by atoms with E-state index in [1.807, 2.05) is 36.6 Å². The molecule has 2 heterocycles. The van der Waals surface area contributed by atoms with Gasteiger partial charge >= 0.3 is 5.97 Å². The summed E-state index contributed by atoms with van der Waals surface area (Å²) in [6.45, 7) is 2.21. The third-order valence-corrected chi connectivity index (χ3v) is 4.64. The first-order chi connectivity index (χ1) is 11.0. The van der Waals surface area contributed by atoms with E-state index in [-0.39, 0.29) is 5.91 Å². The quantitative estimate of drug-likeness (QED) is 0.879. The number of benzene rings is 1. The Morgan fingerprint density at radius 1 is 1.35 bits per heavy atom. The van der Waals surface area contributed by atoms with Crippen LogP contribution in [-0.2, 0) is 22.6 Å². The standard InChI is InChI=1S/C17H16N2O3S/c1-11-18-14(10-23-11)6-7-16(20)19-9-13-5-3-2-4-12(13)8-15(19)17(21)22/h2-7,10,15H,8-9H2,1H3,(H,21,22)/b7-6+. The normalized spacial score (nSPS) is 17.3. The van der Waals surface area contributed by atoms with Gasteiger partial charge in [0, 0.05) is 24.4 Å². The number of aryl methyl sites for hydroxylation is 1. The second-order valence-corrected chi connectivity index (χ2v) is 6.48. The first-order valence-corrected chi connectivity index (χ1v) is 8.13. The van der Waals surface area contributed by atoms with Crippen LogP contribution >= 0.6 is 11.3 Å². The van der Waals surface area contributed by atoms with Gasteiger partial charge in [0.1, 0.15) is 6.04 Å². The summed E-state index contributed by atoms with van der Waals surface area (Å²) in [4.78, 5) is 29.6. The van der Waals surface area contributed by atoms with Gasteiger partial charge in [-0.05, 0) is 24.1 Å². The van der Waals surface area contributed by atoms with Crippen LogP contribution in [-0.4, -0.2) is 32.9 Å². The van der Waals surface area contributed by atoms with Crippen molar-refractivity contribution in [2.45, 2.75) is 25.9 Å². The van der Waals surface area contributed by atoms with Gasteiger partial charge in [0.2, 0.25) is 5.91 Å². The van der Waals surface area contributed by atoms with E-state index in [1.54, 1.807) is 6.08 Å². The van der Waals surface area contributed by atoms with Crippen molar-refractivity contribution in [3.63, 3.8) is 0 Å². The summed E-state index contributed by atoms with van der Waals surface area (Å²) in [5, 5.41) is 12.2. The van der Waals surface area contributed by atoms with Crippen LogP contribution in [0.4, 0.5) is 0 Å². The average Bonchev–Trinajstić information content (AvgIpc) is 2.96. The summed E-state index contributed by atoms with van der Waals surface area (Å²) < 4.78 is 0. The maximum Gasteiger partial charge on any atom is 0.326 e. The molecular weight excluding hydrogens is 312 g/mol. The van der Waals surface area contributed by atoms with Gasteiger partial charge in [-0.3, -0.25) is 4.79 Å². The Morgan fingerprint density at radius 3 is 2.74 bits per heavy atom. The fourth-order valence-corrected chi connectivity index (χ4v) is 3.27. The van der Waals surface area contributed by atoms with E-state index in [0.29, 0.717) is 18.7 Å². The number of amides is 1. The highest BCUT2D eigenvalue weighted by Gasteiger charge is 2.33. The zero-order valence-electron chi connectivity index (χ0n) is 12.6. The molecule has 0 bridgehead atoms. The van der Waals surface area contributed by atoms with Crippen LogP contribution in [0.2, 0.25) is 0 Å². The Labute approximate surface area is 137 Å². The molecule has 23 heavy (non-hydrogen) atoms. The van der Waals surface area contributed by atoms with Crippen LogP contribution in [0.25, 0.3) is 6.08 Å². The van der Waals surface area contributed by atoms with Crippen molar-refractivity contribution in [2.24, 2.45) is 0 Å². The van der Waals surface area contributed by atoms with Crippen LogP contribution < -0.4 is 0 Å². The van der Waals surface area contributed by atoms with Gasteiger partial charge in [-0.15, -0.1) is 11.3 Å². The van der Waals surface area contributed by atoms with E-state index < -0.39 is 12.0 Å². The lowest BCUT2D eigenvalue weighted by Gasteiger charge is -2.33. The van der Waals surface area contributed by atoms with Crippen LogP contribution in [0.5, 0.6) is 0 Å². The van der Waals surface area contributed by atoms with Gasteiger partial charge < -0.3 is 10.0 Å². The minimum Gasteiger partial charge on any atom is -0.480 e. The van der Waals surface area contributed by atoms with Crippen molar-refractivity contribution in [1.29, 1.82) is 0 Å². The number of carboxylic acid groups (broad SMARTS) is 1. The predicted octanol–water partition coefficient (Wildman–Crippen LogP) is 2.50. The highest BCUT2D eigenvalue weighted by atomic mass is 32.1. The van der Waals surface area contributed by atoms with Crippen molar-refractivity contribution in [1.82, 2.24) is 9.88 Å². The number of hydrogen-bond donors (Lipinski definition) is 1. The van der Waals surface area contributed by atoms with Crippen LogP contribution in [0.15, 0.2) is 35.7 Å². The van der Waals surface area contributed by atoms with Crippen LogP contribution in [0.3, 0.4) is 0 Å². The van der Waals surface area contributed by atoms with E-state index >= 15 is 0 Å². The summed E-state index contributed by atoms with van der Waals surface area (Å²) >= 11 is 1.51. The van der Waals surface area contributed by atoms with Crippen molar-refractivity contribution < 1.29 is 14.7 Å². The number of aromatic nitrogens is 1. The van der Waals surface area contributed by atoms with Crippen molar-refractivity contribution >= 4 is 29.3 Å². The van der Waals surface area contributed by atoms with E-state index in [1.165, 1.54) is 22.3 Å². The molecular formula is C17H16N2O3S. The number of nitrogens with zero attached hydrogens (tertiary/aromatic N) is 2. The van der Waals surface area contributed by atoms with E-state index in [9.17, 15) is 14.7 Å². The van der Waals surface area contributed by atoms with E-state index in [4.69, 9.17) is 0 Å². The van der Waals surface area contributed by atoms with Gasteiger partial charge in [0.15, 0.2) is 0 Å². The molecule has 1 amide bonds. The Hall–Kier alpha value is -2.47. The lowest BCUT2D eigenvalue weighted by atomic mass is 9.94. The lowest BCUT2D eigenvalue weighted by molar-refractivity contribution is -0.149. The molecule has 3 rings (SSSR count). The predicted molar refractivity (Wildman–Crippen MR) is 88.0 cm³/mol. The molecule has 0 aliphatic carbocycles. The van der Waals surface area contributed by atoms with Gasteiger partial charge in [-0.25, -0.2) is 9.78 Å². The Bertz CT molecular complexity index is 782. The van der Waals surface area contributed by atoms with E-state index in [0.717, 1.165) is 16.1 Å². The topological polar surface area (TPSA) is 70.5 Å². The zero-order chi connectivity index (χ0) is 16.4. The second-order valence-electron chi connectivity index (χ2n) is 5.42. The number of hydrogen-bond acceptors (Lipinski definition) is 4. The second kappa shape index (κ2) is 6.34. The molecule has 1 aromatic heterocycles. The summed E-state index contributed by atoms with van der Waals surface area (Å²) in [5.74, 6) is -1.29. The molecule has 0 spiro atoms. The monoisotopic (exact) mass is 328 g/mol. The molecule has 1 unspecified atom stereocenters. The molecule has 0 fully saturated rings. The number of carbonyl (C=O) groups is 2. The molecule has 0 saturated heterocycles. The number of fused-ring (bicyclic) bond motifs is 1. The highest BCUT2D eigenvalue weighted by molar-refractivity contribution is 7.09. The Balaban J connectivity index is 1.83. The Morgan fingerprint density at radius 2 is 2.09 bits per heavy atom. The first kappa shape index (κ1) is 15.4. The van der Waals surface area contributed by atoms with Crippen LogP contribution in [0, 0.1) is 6.92 Å². The number of aliphatic carboxylic acids is 1. The molecule has 118 valence electrons. The minimum atomic E-state index is -0.981. The smallest absolute Gasteiger partial charge is 0.326 e. The Kier molecular flexibility index (Phi) is 4.25.